The summed E-state index contributed by atoms with van der Waals surface area (Å²) < 4.78 is 11.0. The number of benzene rings is 2. The first-order valence-corrected chi connectivity index (χ1v) is 6.76. The third-order valence-corrected chi connectivity index (χ3v) is 3.34. The van der Waals surface area contributed by atoms with Crippen LogP contribution in [-0.2, 0) is 12.2 Å². The number of hydrogen-bond acceptors (Lipinski definition) is 4. The lowest BCUT2D eigenvalue weighted by molar-refractivity contribution is 0.00618. The Morgan fingerprint density at radius 3 is 2.38 bits per heavy atom. The lowest BCUT2D eigenvalue weighted by Gasteiger charge is -2.25. The second kappa shape index (κ2) is 6.61. The second-order valence-corrected chi connectivity index (χ2v) is 5.04. The van der Waals surface area contributed by atoms with Gasteiger partial charge < -0.3 is 19.7 Å². The molecule has 2 rings (SSSR count). The van der Waals surface area contributed by atoms with Crippen molar-refractivity contribution in [1.29, 1.82) is 0 Å². The predicted molar refractivity (Wildman–Crippen MR) is 80.4 cm³/mol. The van der Waals surface area contributed by atoms with E-state index in [1.807, 2.05) is 30.3 Å². The normalized spacial score (nSPS) is 13.5. The van der Waals surface area contributed by atoms with Crippen molar-refractivity contribution >= 4 is 0 Å². The van der Waals surface area contributed by atoms with Gasteiger partial charge in [0.15, 0.2) is 11.5 Å². The highest BCUT2D eigenvalue weighted by Gasteiger charge is 2.25. The molecule has 0 heterocycles. The molecule has 2 N–H and O–H groups in total. The standard InChI is InChI=1S/C17H20O4/c1-17(19,14-8-4-3-5-9-14)12-21-16-13(11-18)7-6-10-15(16)20-2/h3-10,18-19H,11-12H2,1-2H3. The van der Waals surface area contributed by atoms with E-state index in [9.17, 15) is 10.2 Å². The summed E-state index contributed by atoms with van der Waals surface area (Å²) in [5.41, 5.74) is 0.262. The summed E-state index contributed by atoms with van der Waals surface area (Å²) in [4.78, 5) is 0. The van der Waals surface area contributed by atoms with Gasteiger partial charge in [-0.25, -0.2) is 0 Å². The Labute approximate surface area is 124 Å². The molecule has 2 aromatic rings. The first-order valence-electron chi connectivity index (χ1n) is 6.76. The molecule has 4 nitrogen and oxygen atoms in total. The van der Waals surface area contributed by atoms with Crippen molar-refractivity contribution in [2.45, 2.75) is 19.1 Å². The monoisotopic (exact) mass is 288 g/mol. The summed E-state index contributed by atoms with van der Waals surface area (Å²) in [5, 5.41) is 19.9. The van der Waals surface area contributed by atoms with Crippen LogP contribution in [0.5, 0.6) is 11.5 Å². The number of aliphatic hydroxyl groups is 2. The second-order valence-electron chi connectivity index (χ2n) is 5.04. The van der Waals surface area contributed by atoms with Gasteiger partial charge in [-0.05, 0) is 18.6 Å². The van der Waals surface area contributed by atoms with Crippen LogP contribution in [0.15, 0.2) is 48.5 Å². The van der Waals surface area contributed by atoms with Gasteiger partial charge >= 0.3 is 0 Å². The first-order chi connectivity index (χ1) is 10.1. The fraction of sp³-hybridized carbons (Fsp3) is 0.294. The largest absolute Gasteiger partial charge is 0.493 e. The molecule has 0 radical (unpaired) electrons. The average Bonchev–Trinajstić information content (AvgIpc) is 2.53. The zero-order valence-electron chi connectivity index (χ0n) is 12.2. The summed E-state index contributed by atoms with van der Waals surface area (Å²) in [6.07, 6.45) is 0. The molecule has 1 atom stereocenters. The number of rotatable bonds is 6. The molecule has 0 bridgehead atoms. The number of methoxy groups -OCH3 is 1. The first kappa shape index (κ1) is 15.4. The lowest BCUT2D eigenvalue weighted by atomic mass is 9.97. The molecule has 0 amide bonds. The van der Waals surface area contributed by atoms with Gasteiger partial charge in [0, 0.05) is 5.56 Å². The van der Waals surface area contributed by atoms with E-state index in [0.29, 0.717) is 17.1 Å². The van der Waals surface area contributed by atoms with Crippen molar-refractivity contribution in [3.05, 3.63) is 59.7 Å². The highest BCUT2D eigenvalue weighted by Crippen LogP contribution is 2.32. The molecule has 0 spiro atoms. The molecule has 0 aliphatic heterocycles. The Bertz CT molecular complexity index is 556. The van der Waals surface area contributed by atoms with Crippen molar-refractivity contribution in [1.82, 2.24) is 0 Å². The van der Waals surface area contributed by atoms with Gasteiger partial charge in [0.25, 0.3) is 0 Å². The molecule has 112 valence electrons. The lowest BCUT2D eigenvalue weighted by Crippen LogP contribution is -2.29. The van der Waals surface area contributed by atoms with Gasteiger partial charge in [0.2, 0.25) is 0 Å². The van der Waals surface area contributed by atoms with Crippen molar-refractivity contribution in [2.24, 2.45) is 0 Å². The summed E-state index contributed by atoms with van der Waals surface area (Å²) in [6, 6.07) is 14.6. The van der Waals surface area contributed by atoms with E-state index >= 15 is 0 Å². The van der Waals surface area contributed by atoms with Crippen molar-refractivity contribution in [3.63, 3.8) is 0 Å². The van der Waals surface area contributed by atoms with E-state index in [1.165, 1.54) is 0 Å². The van der Waals surface area contributed by atoms with Gasteiger partial charge in [-0.3, -0.25) is 0 Å². The molecule has 0 fully saturated rings. The minimum absolute atomic E-state index is 0.0599. The quantitative estimate of drug-likeness (QED) is 0.857. The Balaban J connectivity index is 2.20. The van der Waals surface area contributed by atoms with Gasteiger partial charge in [0.05, 0.1) is 13.7 Å². The fourth-order valence-electron chi connectivity index (χ4n) is 2.10. The maximum Gasteiger partial charge on any atom is 0.166 e. The average molecular weight is 288 g/mol. The van der Waals surface area contributed by atoms with Crippen LogP contribution >= 0.6 is 0 Å². The molecule has 0 saturated carbocycles. The highest BCUT2D eigenvalue weighted by atomic mass is 16.5. The number of ether oxygens (including phenoxy) is 2. The smallest absolute Gasteiger partial charge is 0.166 e. The van der Waals surface area contributed by atoms with Gasteiger partial charge in [-0.15, -0.1) is 0 Å². The summed E-state index contributed by atoms with van der Waals surface area (Å²) in [7, 11) is 1.54. The Kier molecular flexibility index (Phi) is 4.83. The Morgan fingerprint density at radius 2 is 1.76 bits per heavy atom. The number of aliphatic hydroxyl groups excluding tert-OH is 1. The van der Waals surface area contributed by atoms with Crippen molar-refractivity contribution in [3.8, 4) is 11.5 Å². The molecule has 0 aliphatic rings. The van der Waals surface area contributed by atoms with Crippen LogP contribution in [0, 0.1) is 0 Å². The molecule has 0 aromatic heterocycles. The molecule has 0 aliphatic carbocycles. The molecule has 1 unspecified atom stereocenters. The van der Waals surface area contributed by atoms with Gasteiger partial charge in [-0.1, -0.05) is 42.5 Å². The van der Waals surface area contributed by atoms with Crippen LogP contribution in [0.1, 0.15) is 18.1 Å². The van der Waals surface area contributed by atoms with Crippen LogP contribution in [0.2, 0.25) is 0 Å². The van der Waals surface area contributed by atoms with Gasteiger partial charge in [0.1, 0.15) is 12.2 Å². The number of hydrogen-bond donors (Lipinski definition) is 2. The van der Waals surface area contributed by atoms with Crippen LogP contribution in [0.3, 0.4) is 0 Å². The van der Waals surface area contributed by atoms with E-state index in [1.54, 1.807) is 32.2 Å². The molecular formula is C17H20O4. The zero-order chi connectivity index (χ0) is 15.3. The Morgan fingerprint density at radius 1 is 1.05 bits per heavy atom. The highest BCUT2D eigenvalue weighted by molar-refractivity contribution is 5.46. The molecule has 0 saturated heterocycles. The summed E-state index contributed by atoms with van der Waals surface area (Å²) >= 11 is 0. The fourth-order valence-corrected chi connectivity index (χ4v) is 2.10. The van der Waals surface area contributed by atoms with Crippen LogP contribution < -0.4 is 9.47 Å². The van der Waals surface area contributed by atoms with E-state index in [-0.39, 0.29) is 13.2 Å². The molecular weight excluding hydrogens is 268 g/mol. The van der Waals surface area contributed by atoms with Crippen molar-refractivity contribution in [2.75, 3.05) is 13.7 Å². The predicted octanol–water partition coefficient (Wildman–Crippen LogP) is 2.47. The van der Waals surface area contributed by atoms with Crippen LogP contribution in [-0.4, -0.2) is 23.9 Å². The molecule has 21 heavy (non-hydrogen) atoms. The van der Waals surface area contributed by atoms with Crippen LogP contribution in [0.25, 0.3) is 0 Å². The third-order valence-electron chi connectivity index (χ3n) is 3.34. The van der Waals surface area contributed by atoms with E-state index in [4.69, 9.17) is 9.47 Å². The number of para-hydroxylation sites is 1. The maximum atomic E-state index is 10.5. The zero-order valence-corrected chi connectivity index (χ0v) is 12.2. The summed E-state index contributed by atoms with van der Waals surface area (Å²) in [6.45, 7) is 1.60. The van der Waals surface area contributed by atoms with E-state index in [2.05, 4.69) is 0 Å². The summed E-state index contributed by atoms with van der Waals surface area (Å²) in [5.74, 6) is 0.990. The van der Waals surface area contributed by atoms with Crippen molar-refractivity contribution < 1.29 is 19.7 Å². The van der Waals surface area contributed by atoms with Gasteiger partial charge in [-0.2, -0.15) is 0 Å². The topological polar surface area (TPSA) is 58.9 Å². The SMILES string of the molecule is COc1cccc(CO)c1OCC(C)(O)c1ccccc1. The van der Waals surface area contributed by atoms with E-state index in [0.717, 1.165) is 5.56 Å². The van der Waals surface area contributed by atoms with E-state index < -0.39 is 5.60 Å². The Hall–Kier alpha value is -2.04. The maximum absolute atomic E-state index is 10.5. The minimum Gasteiger partial charge on any atom is -0.493 e. The minimum atomic E-state index is -1.13. The molecule has 2 aromatic carbocycles. The molecule has 4 heteroatoms. The van der Waals surface area contributed by atoms with Crippen LogP contribution in [0.4, 0.5) is 0 Å². The third kappa shape index (κ3) is 3.54.